The molecule has 0 bridgehead atoms. The van der Waals surface area contributed by atoms with E-state index in [0.29, 0.717) is 0 Å². The molecular formula is C9H6FN3O2S. The number of hydrogen-bond acceptors (Lipinski definition) is 3. The van der Waals surface area contributed by atoms with E-state index >= 15 is 0 Å². The topological polar surface area (TPSA) is 82.9 Å². The molecule has 0 aromatic heterocycles. The van der Waals surface area contributed by atoms with Gasteiger partial charge < -0.3 is 0 Å². The fourth-order valence-electron chi connectivity index (χ4n) is 0.984. The Morgan fingerprint density at radius 2 is 2.12 bits per heavy atom. The zero-order chi connectivity index (χ0) is 12.0. The van der Waals surface area contributed by atoms with Crippen molar-refractivity contribution in [3.05, 3.63) is 40.3 Å². The van der Waals surface area contributed by atoms with Crippen molar-refractivity contribution in [2.24, 2.45) is 5.11 Å². The summed E-state index contributed by atoms with van der Waals surface area (Å²) in [5.74, 6) is 4.83. The molecule has 0 N–H and O–H groups in total. The highest BCUT2D eigenvalue weighted by molar-refractivity contribution is 7.86. The zero-order valence-electron chi connectivity index (χ0n) is 7.96. The first kappa shape index (κ1) is 12.0. The highest BCUT2D eigenvalue weighted by Gasteiger charge is 2.14. The number of azide groups is 1. The van der Waals surface area contributed by atoms with E-state index in [1.807, 2.05) is 0 Å². The van der Waals surface area contributed by atoms with E-state index in [9.17, 15) is 12.3 Å². The highest BCUT2D eigenvalue weighted by Crippen LogP contribution is 2.16. The minimum Gasteiger partial charge on any atom is -0.189 e. The van der Waals surface area contributed by atoms with E-state index in [1.54, 1.807) is 0 Å². The van der Waals surface area contributed by atoms with Crippen molar-refractivity contribution < 1.29 is 12.3 Å². The quantitative estimate of drug-likeness (QED) is 0.260. The Bertz CT molecular complexity index is 595. The number of benzene rings is 1. The fraction of sp³-hybridized carbons (Fsp3) is 0.111. The molecule has 0 saturated carbocycles. The fourth-order valence-corrected chi connectivity index (χ4v) is 1.61. The van der Waals surface area contributed by atoms with Gasteiger partial charge in [0.05, 0.1) is 6.54 Å². The third kappa shape index (κ3) is 3.28. The normalized spacial score (nSPS) is 9.81. The van der Waals surface area contributed by atoms with Gasteiger partial charge in [0.25, 0.3) is 0 Å². The number of nitrogens with zero attached hydrogens (tertiary/aromatic N) is 3. The van der Waals surface area contributed by atoms with E-state index in [2.05, 4.69) is 21.9 Å². The number of hydrogen-bond donors (Lipinski definition) is 0. The molecule has 0 aliphatic heterocycles. The maximum atomic E-state index is 12.8. The van der Waals surface area contributed by atoms with Crippen LogP contribution in [0.15, 0.2) is 34.3 Å². The van der Waals surface area contributed by atoms with Crippen molar-refractivity contribution in [2.75, 3.05) is 6.54 Å². The largest absolute Gasteiger partial charge is 0.333 e. The Morgan fingerprint density at radius 3 is 2.75 bits per heavy atom. The van der Waals surface area contributed by atoms with Crippen molar-refractivity contribution in [3.8, 4) is 11.8 Å². The molecule has 16 heavy (non-hydrogen) atoms. The molecule has 0 aliphatic rings. The Balaban J connectivity index is 3.13. The van der Waals surface area contributed by atoms with Crippen molar-refractivity contribution in [2.45, 2.75) is 4.90 Å². The van der Waals surface area contributed by atoms with Crippen molar-refractivity contribution in [1.29, 1.82) is 0 Å². The Kier molecular flexibility index (Phi) is 3.89. The minimum absolute atomic E-state index is 0.0399. The molecule has 0 spiro atoms. The average Bonchev–Trinajstić information content (AvgIpc) is 2.24. The van der Waals surface area contributed by atoms with Crippen LogP contribution in [0, 0.1) is 11.8 Å². The zero-order valence-corrected chi connectivity index (χ0v) is 8.78. The second kappa shape index (κ2) is 5.16. The Morgan fingerprint density at radius 1 is 1.44 bits per heavy atom. The van der Waals surface area contributed by atoms with Crippen LogP contribution >= 0.6 is 0 Å². The van der Waals surface area contributed by atoms with Crippen LogP contribution in [-0.4, -0.2) is 15.0 Å². The van der Waals surface area contributed by atoms with Gasteiger partial charge in [0, 0.05) is 10.5 Å². The molecule has 0 amide bonds. The molecule has 0 saturated heterocycles. The van der Waals surface area contributed by atoms with Crippen LogP contribution < -0.4 is 0 Å². The SMILES string of the molecule is [N-]=[N+]=NCC#Cc1ccccc1S(=O)(=O)F. The van der Waals surface area contributed by atoms with Gasteiger partial charge >= 0.3 is 10.2 Å². The van der Waals surface area contributed by atoms with Gasteiger partial charge in [0.2, 0.25) is 0 Å². The third-order valence-corrected chi connectivity index (χ3v) is 2.47. The molecule has 82 valence electrons. The highest BCUT2D eigenvalue weighted by atomic mass is 32.3. The van der Waals surface area contributed by atoms with Crippen LogP contribution in [0.4, 0.5) is 3.89 Å². The predicted molar refractivity (Wildman–Crippen MR) is 55.6 cm³/mol. The van der Waals surface area contributed by atoms with Gasteiger partial charge in [-0.2, -0.15) is 8.42 Å². The third-order valence-electron chi connectivity index (χ3n) is 1.59. The lowest BCUT2D eigenvalue weighted by Gasteiger charge is -1.97. The van der Waals surface area contributed by atoms with Crippen LogP contribution in [0.2, 0.25) is 0 Å². The molecule has 0 fully saturated rings. The molecule has 1 rings (SSSR count). The van der Waals surface area contributed by atoms with Crippen molar-refractivity contribution in [1.82, 2.24) is 0 Å². The summed E-state index contributed by atoms with van der Waals surface area (Å²) >= 11 is 0. The van der Waals surface area contributed by atoms with E-state index in [1.165, 1.54) is 18.2 Å². The van der Waals surface area contributed by atoms with Crippen LogP contribution in [0.5, 0.6) is 0 Å². The molecule has 0 aliphatic carbocycles. The molecule has 7 heteroatoms. The molecule has 5 nitrogen and oxygen atoms in total. The van der Waals surface area contributed by atoms with Crippen LogP contribution in [-0.2, 0) is 10.2 Å². The Labute approximate surface area is 91.7 Å². The minimum atomic E-state index is -4.78. The molecule has 1 aromatic rings. The van der Waals surface area contributed by atoms with Crippen LogP contribution in [0.3, 0.4) is 0 Å². The average molecular weight is 239 g/mol. The van der Waals surface area contributed by atoms with Crippen LogP contribution in [0.25, 0.3) is 10.4 Å². The second-order valence-electron chi connectivity index (χ2n) is 2.62. The lowest BCUT2D eigenvalue weighted by Crippen LogP contribution is -1.95. The van der Waals surface area contributed by atoms with Gasteiger partial charge in [0.1, 0.15) is 4.90 Å². The standard InChI is InChI=1S/C9H6FN3O2S/c10-16(14,15)9-6-2-1-4-8(9)5-3-7-12-13-11/h1-2,4,6H,7H2. The molecule has 0 radical (unpaired) electrons. The summed E-state index contributed by atoms with van der Waals surface area (Å²) in [5, 5.41) is 3.14. The predicted octanol–water partition coefficient (Wildman–Crippen LogP) is 2.01. The van der Waals surface area contributed by atoms with Gasteiger partial charge in [0.15, 0.2) is 0 Å². The lowest BCUT2D eigenvalue weighted by atomic mass is 10.2. The first-order chi connectivity index (χ1) is 7.55. The summed E-state index contributed by atoms with van der Waals surface area (Å²) in [7, 11) is -4.78. The monoisotopic (exact) mass is 239 g/mol. The summed E-state index contributed by atoms with van der Waals surface area (Å²) in [6.45, 7) is -0.100. The van der Waals surface area contributed by atoms with Crippen molar-refractivity contribution >= 4 is 10.2 Å². The smallest absolute Gasteiger partial charge is 0.189 e. The molecule has 0 heterocycles. The molecule has 0 unspecified atom stereocenters. The molecule has 0 atom stereocenters. The van der Waals surface area contributed by atoms with E-state index < -0.39 is 15.1 Å². The van der Waals surface area contributed by atoms with E-state index in [-0.39, 0.29) is 12.1 Å². The van der Waals surface area contributed by atoms with Gasteiger partial charge in [-0.25, -0.2) is 0 Å². The van der Waals surface area contributed by atoms with Gasteiger partial charge in [-0.3, -0.25) is 0 Å². The van der Waals surface area contributed by atoms with Gasteiger partial charge in [-0.1, -0.05) is 29.1 Å². The van der Waals surface area contributed by atoms with E-state index in [0.717, 1.165) is 6.07 Å². The lowest BCUT2D eigenvalue weighted by molar-refractivity contribution is 0.552. The van der Waals surface area contributed by atoms with Crippen LogP contribution in [0.1, 0.15) is 5.56 Å². The number of halogens is 1. The summed E-state index contributed by atoms with van der Waals surface area (Å²) in [4.78, 5) is 1.99. The van der Waals surface area contributed by atoms with Gasteiger partial charge in [-0.15, -0.1) is 3.89 Å². The second-order valence-corrected chi connectivity index (χ2v) is 3.94. The van der Waals surface area contributed by atoms with Crippen molar-refractivity contribution in [3.63, 3.8) is 0 Å². The number of rotatable bonds is 2. The maximum Gasteiger partial charge on any atom is 0.333 e. The molecule has 1 aromatic carbocycles. The first-order valence-corrected chi connectivity index (χ1v) is 5.47. The first-order valence-electron chi connectivity index (χ1n) is 4.09. The van der Waals surface area contributed by atoms with E-state index in [4.69, 9.17) is 5.53 Å². The van der Waals surface area contributed by atoms with Gasteiger partial charge in [-0.05, 0) is 17.7 Å². The summed E-state index contributed by atoms with van der Waals surface area (Å²) in [6.07, 6.45) is 0. The summed E-state index contributed by atoms with van der Waals surface area (Å²) in [5.41, 5.74) is 8.02. The Hall–Kier alpha value is -2.03. The summed E-state index contributed by atoms with van der Waals surface area (Å²) < 4.78 is 34.2. The summed E-state index contributed by atoms with van der Waals surface area (Å²) in [6, 6.07) is 5.42. The molecular weight excluding hydrogens is 233 g/mol. The maximum absolute atomic E-state index is 12.8.